The number of carbonyl (C=O) groups is 1. The van der Waals surface area contributed by atoms with Crippen LogP contribution in [0.4, 0.5) is 0 Å². The average molecular weight is 263 g/mol. The molecule has 5 nitrogen and oxygen atoms in total. The van der Waals surface area contributed by atoms with Crippen molar-refractivity contribution in [3.05, 3.63) is 0 Å². The van der Waals surface area contributed by atoms with Gasteiger partial charge in [0.05, 0.1) is 13.2 Å². The molecule has 0 aromatic rings. The molecule has 2 fully saturated rings. The summed E-state index contributed by atoms with van der Waals surface area (Å²) in [6.45, 7) is 3.97. The minimum atomic E-state index is -1.60. The van der Waals surface area contributed by atoms with Crippen LogP contribution in [0.25, 0.3) is 0 Å². The number of likely N-dealkylation sites (tertiary alicyclic amines) is 1. The summed E-state index contributed by atoms with van der Waals surface area (Å²) in [5.74, 6) is 3.56. The zero-order valence-corrected chi connectivity index (χ0v) is 11.0. The molecule has 0 aliphatic carbocycles. The predicted molar refractivity (Wildman–Crippen MR) is 67.6 cm³/mol. The van der Waals surface area contributed by atoms with Crippen molar-refractivity contribution in [2.75, 3.05) is 13.2 Å². The number of aliphatic hydroxyl groups is 1. The van der Waals surface area contributed by atoms with Gasteiger partial charge in [0.15, 0.2) is 11.4 Å². The van der Waals surface area contributed by atoms with E-state index in [1.807, 2.05) is 0 Å². The van der Waals surface area contributed by atoms with Crippen molar-refractivity contribution in [2.24, 2.45) is 0 Å². The molecule has 19 heavy (non-hydrogen) atoms. The van der Waals surface area contributed by atoms with E-state index in [-0.39, 0.29) is 13.0 Å². The van der Waals surface area contributed by atoms with E-state index < -0.39 is 29.4 Å². The SMILES string of the molecule is C#CCN1C(=O)[C@@](O)(CC#C)[C@@H]1[C@H]1COC(C)(C)O1. The Labute approximate surface area is 112 Å². The van der Waals surface area contributed by atoms with Gasteiger partial charge in [-0.3, -0.25) is 4.79 Å². The number of nitrogens with zero attached hydrogens (tertiary/aromatic N) is 1. The molecule has 0 spiro atoms. The van der Waals surface area contributed by atoms with Crippen molar-refractivity contribution in [3.8, 4) is 24.7 Å². The second-order valence-corrected chi connectivity index (χ2v) is 5.25. The molecule has 0 aromatic heterocycles. The molecule has 1 amide bonds. The Bertz CT molecular complexity index is 473. The summed E-state index contributed by atoms with van der Waals surface area (Å²) in [6.07, 6.45) is 9.98. The molecule has 5 heteroatoms. The summed E-state index contributed by atoms with van der Waals surface area (Å²) >= 11 is 0. The Kier molecular flexibility index (Phi) is 3.32. The van der Waals surface area contributed by atoms with E-state index in [9.17, 15) is 9.90 Å². The molecule has 2 saturated heterocycles. The number of β-lactam (4-membered cyclic amide) rings is 1. The summed E-state index contributed by atoms with van der Waals surface area (Å²) in [5, 5.41) is 10.4. The van der Waals surface area contributed by atoms with Gasteiger partial charge < -0.3 is 19.5 Å². The number of carbonyl (C=O) groups excluding carboxylic acids is 1. The van der Waals surface area contributed by atoms with Crippen LogP contribution in [0.5, 0.6) is 0 Å². The van der Waals surface area contributed by atoms with Gasteiger partial charge in [0, 0.05) is 6.42 Å². The van der Waals surface area contributed by atoms with Gasteiger partial charge in [-0.25, -0.2) is 0 Å². The lowest BCUT2D eigenvalue weighted by molar-refractivity contribution is -0.212. The fraction of sp³-hybridized carbons (Fsp3) is 0.643. The van der Waals surface area contributed by atoms with Crippen LogP contribution in [0.2, 0.25) is 0 Å². The first kappa shape index (κ1) is 13.9. The third-order valence-corrected chi connectivity index (χ3v) is 3.47. The van der Waals surface area contributed by atoms with E-state index >= 15 is 0 Å². The Morgan fingerprint density at radius 2 is 2.16 bits per heavy atom. The highest BCUT2D eigenvalue weighted by atomic mass is 16.7. The summed E-state index contributed by atoms with van der Waals surface area (Å²) in [6, 6.07) is -0.561. The lowest BCUT2D eigenvalue weighted by atomic mass is 9.76. The van der Waals surface area contributed by atoms with Crippen LogP contribution in [-0.4, -0.2) is 52.6 Å². The van der Waals surface area contributed by atoms with Gasteiger partial charge in [-0.15, -0.1) is 18.8 Å². The number of hydrogen-bond donors (Lipinski definition) is 1. The van der Waals surface area contributed by atoms with Gasteiger partial charge in [-0.05, 0) is 13.8 Å². The van der Waals surface area contributed by atoms with E-state index in [1.165, 1.54) is 4.90 Å². The normalized spacial score (nSPS) is 36.5. The van der Waals surface area contributed by atoms with Crippen LogP contribution >= 0.6 is 0 Å². The molecular formula is C14H17NO4. The molecule has 2 aliphatic heterocycles. The topological polar surface area (TPSA) is 59.0 Å². The van der Waals surface area contributed by atoms with E-state index in [0.29, 0.717) is 6.61 Å². The van der Waals surface area contributed by atoms with E-state index in [2.05, 4.69) is 11.8 Å². The molecular weight excluding hydrogens is 246 g/mol. The van der Waals surface area contributed by atoms with Gasteiger partial charge in [-0.2, -0.15) is 0 Å². The molecule has 0 unspecified atom stereocenters. The maximum Gasteiger partial charge on any atom is 0.259 e. The van der Waals surface area contributed by atoms with Crippen LogP contribution in [0, 0.1) is 24.7 Å². The van der Waals surface area contributed by atoms with Crippen LogP contribution in [-0.2, 0) is 14.3 Å². The Hall–Kier alpha value is -1.53. The van der Waals surface area contributed by atoms with Gasteiger partial charge in [-0.1, -0.05) is 5.92 Å². The van der Waals surface area contributed by atoms with E-state index in [0.717, 1.165) is 0 Å². The van der Waals surface area contributed by atoms with Crippen molar-refractivity contribution in [1.82, 2.24) is 4.90 Å². The van der Waals surface area contributed by atoms with Crippen molar-refractivity contribution < 1.29 is 19.4 Å². The fourth-order valence-corrected chi connectivity index (χ4v) is 2.68. The van der Waals surface area contributed by atoms with Crippen molar-refractivity contribution in [2.45, 2.75) is 43.8 Å². The summed E-state index contributed by atoms with van der Waals surface area (Å²) < 4.78 is 11.2. The second-order valence-electron chi connectivity index (χ2n) is 5.25. The Morgan fingerprint density at radius 3 is 2.63 bits per heavy atom. The maximum atomic E-state index is 12.0. The summed E-state index contributed by atoms with van der Waals surface area (Å²) in [7, 11) is 0. The van der Waals surface area contributed by atoms with Gasteiger partial charge >= 0.3 is 0 Å². The molecule has 0 radical (unpaired) electrons. The molecule has 2 rings (SSSR count). The summed E-state index contributed by atoms with van der Waals surface area (Å²) in [4.78, 5) is 13.4. The zero-order chi connectivity index (χ0) is 14.3. The number of rotatable bonds is 3. The molecule has 1 N–H and O–H groups in total. The standard InChI is InChI=1S/C14H17NO4/c1-5-7-14(17)11(15(8-6-2)12(14)16)10-9-18-13(3,4)19-10/h1-2,10-11,17H,7-9H2,3-4H3/t10-,11+,14-/m1/s1. The van der Waals surface area contributed by atoms with Crippen molar-refractivity contribution in [3.63, 3.8) is 0 Å². The minimum absolute atomic E-state index is 0.0577. The van der Waals surface area contributed by atoms with Crippen LogP contribution < -0.4 is 0 Å². The maximum absolute atomic E-state index is 12.0. The first-order chi connectivity index (χ1) is 8.85. The molecule has 0 saturated carbocycles. The quantitative estimate of drug-likeness (QED) is 0.563. The predicted octanol–water partition coefficient (Wildman–Crippen LogP) is -0.264. The van der Waals surface area contributed by atoms with Crippen molar-refractivity contribution >= 4 is 5.91 Å². The lowest BCUT2D eigenvalue weighted by Crippen LogP contribution is -2.77. The Morgan fingerprint density at radius 1 is 1.47 bits per heavy atom. The lowest BCUT2D eigenvalue weighted by Gasteiger charge is -2.53. The van der Waals surface area contributed by atoms with Crippen molar-refractivity contribution in [1.29, 1.82) is 0 Å². The highest BCUT2D eigenvalue weighted by Crippen LogP contribution is 2.40. The number of ether oxygens (including phenoxy) is 2. The third kappa shape index (κ3) is 2.11. The first-order valence-corrected chi connectivity index (χ1v) is 6.08. The highest BCUT2D eigenvalue weighted by Gasteiger charge is 2.63. The second kappa shape index (κ2) is 4.54. The van der Waals surface area contributed by atoms with Gasteiger partial charge in [0.1, 0.15) is 12.1 Å². The van der Waals surface area contributed by atoms with E-state index in [4.69, 9.17) is 22.3 Å². The minimum Gasteiger partial charge on any atom is -0.377 e. The zero-order valence-electron chi connectivity index (χ0n) is 11.0. The van der Waals surface area contributed by atoms with Crippen LogP contribution in [0.15, 0.2) is 0 Å². The Balaban J connectivity index is 2.21. The number of terminal acetylenes is 2. The highest BCUT2D eigenvalue weighted by molar-refractivity contribution is 5.93. The van der Waals surface area contributed by atoms with Gasteiger partial charge in [0.25, 0.3) is 5.91 Å². The summed E-state index contributed by atoms with van der Waals surface area (Å²) in [5.41, 5.74) is -1.60. The van der Waals surface area contributed by atoms with Crippen LogP contribution in [0.3, 0.4) is 0 Å². The number of amides is 1. The smallest absolute Gasteiger partial charge is 0.259 e. The molecule has 0 aromatic carbocycles. The molecule has 3 atom stereocenters. The largest absolute Gasteiger partial charge is 0.377 e. The average Bonchev–Trinajstić information content (AvgIpc) is 2.68. The third-order valence-electron chi connectivity index (χ3n) is 3.47. The molecule has 2 heterocycles. The molecule has 102 valence electrons. The van der Waals surface area contributed by atoms with Gasteiger partial charge in [0.2, 0.25) is 0 Å². The molecule has 0 bridgehead atoms. The monoisotopic (exact) mass is 263 g/mol. The van der Waals surface area contributed by atoms with E-state index in [1.54, 1.807) is 13.8 Å². The van der Waals surface area contributed by atoms with Crippen LogP contribution in [0.1, 0.15) is 20.3 Å². The number of hydrogen-bond acceptors (Lipinski definition) is 4. The fourth-order valence-electron chi connectivity index (χ4n) is 2.68. The first-order valence-electron chi connectivity index (χ1n) is 6.08. The molecule has 2 aliphatic rings.